The van der Waals surface area contributed by atoms with Crippen molar-refractivity contribution in [3.05, 3.63) is 85.1 Å². The molecule has 81 heavy (non-hydrogen) atoms. The molecule has 1 unspecified atom stereocenters. The molecule has 0 aromatic heterocycles. The van der Waals surface area contributed by atoms with Crippen LogP contribution in [0.5, 0.6) is 0 Å². The average Bonchev–Trinajstić information content (AvgIpc) is 3.47. The Kier molecular flexibility index (Phi) is 66.2. The van der Waals surface area contributed by atoms with Crippen molar-refractivity contribution in [3.63, 3.8) is 0 Å². The van der Waals surface area contributed by atoms with Gasteiger partial charge < -0.3 is 14.2 Å². The fourth-order valence-electron chi connectivity index (χ4n) is 10.2. The summed E-state index contributed by atoms with van der Waals surface area (Å²) in [6, 6.07) is 0. The Labute approximate surface area is 503 Å². The van der Waals surface area contributed by atoms with E-state index in [4.69, 9.17) is 14.2 Å². The molecule has 0 aromatic rings. The van der Waals surface area contributed by atoms with Crippen LogP contribution in [0, 0.1) is 0 Å². The zero-order valence-corrected chi connectivity index (χ0v) is 53.8. The minimum atomic E-state index is -0.782. The van der Waals surface area contributed by atoms with Gasteiger partial charge in [0.25, 0.3) is 0 Å². The maximum absolute atomic E-state index is 12.9. The van der Waals surface area contributed by atoms with Crippen molar-refractivity contribution in [2.75, 3.05) is 13.2 Å². The Balaban J connectivity index is 4.28. The molecule has 0 aliphatic carbocycles. The molecule has 468 valence electrons. The topological polar surface area (TPSA) is 78.9 Å². The number of hydrogen-bond donors (Lipinski definition) is 0. The Morgan fingerprint density at radius 3 is 0.778 bits per heavy atom. The van der Waals surface area contributed by atoms with Crippen LogP contribution in [0.15, 0.2) is 85.1 Å². The van der Waals surface area contributed by atoms with Gasteiger partial charge in [0, 0.05) is 19.3 Å². The highest BCUT2D eigenvalue weighted by molar-refractivity contribution is 5.71. The van der Waals surface area contributed by atoms with Gasteiger partial charge in [0.05, 0.1) is 0 Å². The van der Waals surface area contributed by atoms with Crippen LogP contribution in [0.3, 0.4) is 0 Å². The van der Waals surface area contributed by atoms with Crippen molar-refractivity contribution in [1.29, 1.82) is 0 Å². The van der Waals surface area contributed by atoms with Crippen molar-refractivity contribution < 1.29 is 28.6 Å². The first-order valence-corrected chi connectivity index (χ1v) is 35.1. The van der Waals surface area contributed by atoms with E-state index in [9.17, 15) is 14.4 Å². The second kappa shape index (κ2) is 69.1. The van der Waals surface area contributed by atoms with Crippen LogP contribution < -0.4 is 0 Å². The van der Waals surface area contributed by atoms with Crippen LogP contribution >= 0.6 is 0 Å². The lowest BCUT2D eigenvalue weighted by Crippen LogP contribution is -2.30. The van der Waals surface area contributed by atoms with Gasteiger partial charge in [-0.2, -0.15) is 0 Å². The van der Waals surface area contributed by atoms with E-state index in [-0.39, 0.29) is 31.1 Å². The largest absolute Gasteiger partial charge is 0.462 e. The molecule has 0 aliphatic heterocycles. The minimum absolute atomic E-state index is 0.0775. The van der Waals surface area contributed by atoms with Crippen LogP contribution in [0.1, 0.15) is 355 Å². The van der Waals surface area contributed by atoms with E-state index in [2.05, 4.69) is 106 Å². The summed E-state index contributed by atoms with van der Waals surface area (Å²) in [5, 5.41) is 0. The van der Waals surface area contributed by atoms with Crippen molar-refractivity contribution >= 4 is 17.9 Å². The molecular formula is C75H132O6. The lowest BCUT2D eigenvalue weighted by molar-refractivity contribution is -0.167. The number of hydrogen-bond acceptors (Lipinski definition) is 6. The zero-order valence-electron chi connectivity index (χ0n) is 53.8. The van der Waals surface area contributed by atoms with Gasteiger partial charge in [0.2, 0.25) is 0 Å². The first-order valence-electron chi connectivity index (χ1n) is 35.1. The summed E-state index contributed by atoms with van der Waals surface area (Å²) in [5.41, 5.74) is 0. The highest BCUT2D eigenvalue weighted by atomic mass is 16.6. The molecule has 0 aliphatic rings. The Morgan fingerprint density at radius 2 is 0.481 bits per heavy atom. The van der Waals surface area contributed by atoms with Gasteiger partial charge in [-0.1, -0.05) is 324 Å². The van der Waals surface area contributed by atoms with Crippen molar-refractivity contribution in [2.45, 2.75) is 361 Å². The molecule has 0 amide bonds. The second-order valence-electron chi connectivity index (χ2n) is 23.4. The van der Waals surface area contributed by atoms with Crippen molar-refractivity contribution in [1.82, 2.24) is 0 Å². The van der Waals surface area contributed by atoms with Gasteiger partial charge in [-0.25, -0.2) is 0 Å². The Bertz CT molecular complexity index is 1530. The number of ether oxygens (including phenoxy) is 3. The van der Waals surface area contributed by atoms with Gasteiger partial charge in [-0.05, 0) is 96.3 Å². The second-order valence-corrected chi connectivity index (χ2v) is 23.4. The number of unbranched alkanes of at least 4 members (excludes halogenated alkanes) is 39. The third kappa shape index (κ3) is 67.3. The highest BCUT2D eigenvalue weighted by Gasteiger charge is 2.19. The Morgan fingerprint density at radius 1 is 0.259 bits per heavy atom. The highest BCUT2D eigenvalue weighted by Crippen LogP contribution is 2.18. The van der Waals surface area contributed by atoms with Crippen LogP contribution in [-0.2, 0) is 28.6 Å². The first-order chi connectivity index (χ1) is 40.0. The predicted molar refractivity (Wildman–Crippen MR) is 353 cm³/mol. The lowest BCUT2D eigenvalue weighted by Gasteiger charge is -2.18. The number of carbonyl (C=O) groups excluding carboxylic acids is 3. The van der Waals surface area contributed by atoms with Crippen LogP contribution in [0.25, 0.3) is 0 Å². The molecule has 0 saturated heterocycles. The molecule has 0 rings (SSSR count). The van der Waals surface area contributed by atoms with Gasteiger partial charge in [-0.15, -0.1) is 0 Å². The standard InChI is InChI=1S/C75H132O6/c1-4-7-10-13-16-19-22-25-28-30-32-33-34-35-36-37-38-39-40-41-43-44-47-50-53-56-59-62-65-68-74(77)80-71-72(70-79-73(76)67-64-61-58-55-52-49-46-27-24-21-18-15-12-9-6-3)81-75(78)69-66-63-60-57-54-51-48-45-42-31-29-26-23-20-17-14-11-8-5-2/h7,10,16,18-19,21,25,27-28,32-33,35-36,46,72H,4-6,8-9,11-15,17,20,22-24,26,29-31,34,37-45,47-71H2,1-3H3/b10-7-,19-16-,21-18-,28-25-,33-32-,36-35-,46-27-. The van der Waals surface area contributed by atoms with Crippen molar-refractivity contribution in [2.24, 2.45) is 0 Å². The van der Waals surface area contributed by atoms with E-state index < -0.39 is 6.10 Å². The molecule has 0 saturated carbocycles. The molecular weight excluding hydrogens is 997 g/mol. The number of carbonyl (C=O) groups is 3. The van der Waals surface area contributed by atoms with E-state index in [1.54, 1.807) is 0 Å². The molecule has 6 nitrogen and oxygen atoms in total. The maximum atomic E-state index is 12.9. The van der Waals surface area contributed by atoms with Crippen LogP contribution in [0.4, 0.5) is 0 Å². The first kappa shape index (κ1) is 77.6. The molecule has 0 fully saturated rings. The molecule has 0 radical (unpaired) electrons. The van der Waals surface area contributed by atoms with E-state index in [1.807, 2.05) is 0 Å². The fourth-order valence-corrected chi connectivity index (χ4v) is 10.2. The average molecular weight is 1130 g/mol. The molecule has 0 N–H and O–H groups in total. The van der Waals surface area contributed by atoms with E-state index in [0.29, 0.717) is 19.3 Å². The number of allylic oxidation sites excluding steroid dienone is 14. The van der Waals surface area contributed by atoms with E-state index in [0.717, 1.165) is 109 Å². The Hall–Kier alpha value is -3.41. The zero-order chi connectivity index (χ0) is 58.5. The van der Waals surface area contributed by atoms with Gasteiger partial charge in [0.15, 0.2) is 6.10 Å². The fraction of sp³-hybridized carbons (Fsp3) is 0.773. The summed E-state index contributed by atoms with van der Waals surface area (Å²) in [6.45, 7) is 6.54. The SMILES string of the molecule is CC/C=C\C/C=C\C/C=C\C/C=C\C/C=C\CCCCCCCCCCCCCCCC(=O)OCC(COC(=O)CCCCCCC/C=C\C/C=C\CCCCC)OC(=O)CCCCCCCCCCCCCCCCCCCCC. The lowest BCUT2D eigenvalue weighted by atomic mass is 10.0. The summed E-state index contributed by atoms with van der Waals surface area (Å²) < 4.78 is 17.0. The molecule has 0 spiro atoms. The summed E-state index contributed by atoms with van der Waals surface area (Å²) in [7, 11) is 0. The summed E-state index contributed by atoms with van der Waals surface area (Å²) in [5.74, 6) is -0.872. The maximum Gasteiger partial charge on any atom is 0.306 e. The van der Waals surface area contributed by atoms with Gasteiger partial charge in [0.1, 0.15) is 13.2 Å². The summed E-state index contributed by atoms with van der Waals surface area (Å²) in [4.78, 5) is 38.4. The monoisotopic (exact) mass is 1130 g/mol. The predicted octanol–water partition coefficient (Wildman–Crippen LogP) is 24.2. The quantitative estimate of drug-likeness (QED) is 0.0261. The molecule has 0 aromatic carbocycles. The molecule has 0 bridgehead atoms. The molecule has 1 atom stereocenters. The third-order valence-electron chi connectivity index (χ3n) is 15.4. The number of rotatable bonds is 64. The van der Waals surface area contributed by atoms with Gasteiger partial charge in [-0.3, -0.25) is 14.4 Å². The number of esters is 3. The van der Waals surface area contributed by atoms with Crippen LogP contribution in [-0.4, -0.2) is 37.2 Å². The third-order valence-corrected chi connectivity index (χ3v) is 15.4. The normalized spacial score (nSPS) is 12.6. The minimum Gasteiger partial charge on any atom is -0.462 e. The molecule has 0 heterocycles. The van der Waals surface area contributed by atoms with Crippen LogP contribution in [0.2, 0.25) is 0 Å². The smallest absolute Gasteiger partial charge is 0.306 e. The van der Waals surface area contributed by atoms with E-state index >= 15 is 0 Å². The van der Waals surface area contributed by atoms with Gasteiger partial charge >= 0.3 is 17.9 Å². The van der Waals surface area contributed by atoms with Crippen molar-refractivity contribution in [3.8, 4) is 0 Å². The van der Waals surface area contributed by atoms with E-state index in [1.165, 1.54) is 205 Å². The molecule has 6 heteroatoms. The summed E-state index contributed by atoms with van der Waals surface area (Å²) >= 11 is 0. The summed E-state index contributed by atoms with van der Waals surface area (Å²) in [6.07, 6.45) is 91.7.